The highest BCUT2D eigenvalue weighted by Crippen LogP contribution is 2.34. The molecule has 0 aromatic carbocycles. The number of nitrogens with one attached hydrogen (secondary N) is 1. The molecule has 52 heavy (non-hydrogen) atoms. The molecule has 23 heteroatoms. The standard InChI is InChI=1S/C29H54N6O17/c1-8-16(34-9(2)40)20(43)24(11(5-37)46-8)50-27-15(31)19(42)23(12(6-38)48-27)52-28-17(35-29(32)33)21(44)25(13(7-39)49-28)51-26-14(30)18(41)22(45-3)10(4-36)47-26/h8,10-28,36-39,41-44H,4-7,30-31H2,1-3H3,(H,34,40)(H4,32,33,35). The molecule has 0 aliphatic carbocycles. The van der Waals surface area contributed by atoms with Crippen molar-refractivity contribution in [3.05, 3.63) is 0 Å². The van der Waals surface area contributed by atoms with Gasteiger partial charge in [0.25, 0.3) is 0 Å². The first-order valence-electron chi connectivity index (χ1n) is 16.8. The lowest BCUT2D eigenvalue weighted by molar-refractivity contribution is -0.356. The van der Waals surface area contributed by atoms with Crippen LogP contribution >= 0.6 is 0 Å². The van der Waals surface area contributed by atoms with Crippen LogP contribution in [0.2, 0.25) is 0 Å². The van der Waals surface area contributed by atoms with Gasteiger partial charge in [-0.1, -0.05) is 0 Å². The molecule has 0 aromatic heterocycles. The highest BCUT2D eigenvalue weighted by Gasteiger charge is 2.55. The summed E-state index contributed by atoms with van der Waals surface area (Å²) in [4.78, 5) is 15.8. The summed E-state index contributed by atoms with van der Waals surface area (Å²) in [5, 5.41) is 87.5. The number of aliphatic hydroxyl groups is 8. The van der Waals surface area contributed by atoms with Gasteiger partial charge in [-0.3, -0.25) is 4.79 Å². The minimum Gasteiger partial charge on any atom is -0.394 e. The fourth-order valence-corrected chi connectivity index (χ4v) is 6.88. The van der Waals surface area contributed by atoms with Gasteiger partial charge in [-0.25, -0.2) is 4.99 Å². The smallest absolute Gasteiger partial charge is 0.217 e. The number of hydrogen-bond donors (Lipinski definition) is 13. The molecule has 17 N–H and O–H groups in total. The minimum atomic E-state index is -1.74. The second-order valence-corrected chi connectivity index (χ2v) is 13.1. The number of rotatable bonds is 13. The van der Waals surface area contributed by atoms with E-state index in [1.807, 2.05) is 0 Å². The Labute approximate surface area is 298 Å². The average molecular weight is 759 g/mol. The monoisotopic (exact) mass is 758 g/mol. The summed E-state index contributed by atoms with van der Waals surface area (Å²) in [7, 11) is 1.29. The number of aliphatic hydroxyl groups excluding tert-OH is 8. The molecule has 0 bridgehead atoms. The van der Waals surface area contributed by atoms with E-state index in [-0.39, 0.29) is 0 Å². The van der Waals surface area contributed by atoms with Gasteiger partial charge in [-0.05, 0) is 6.92 Å². The molecule has 4 rings (SSSR count). The molecule has 0 radical (unpaired) electrons. The maximum absolute atomic E-state index is 11.8. The van der Waals surface area contributed by atoms with Gasteiger partial charge in [0.1, 0.15) is 79.3 Å². The van der Waals surface area contributed by atoms with Crippen LogP contribution in [0.25, 0.3) is 0 Å². The Balaban J connectivity index is 1.52. The number of nitrogens with two attached hydrogens (primary N) is 4. The van der Waals surface area contributed by atoms with Gasteiger partial charge in [0, 0.05) is 14.0 Å². The van der Waals surface area contributed by atoms with Crippen molar-refractivity contribution < 1.29 is 83.5 Å². The Morgan fingerprint density at radius 1 is 0.673 bits per heavy atom. The number of aliphatic imine (C=N–C) groups is 1. The lowest BCUT2D eigenvalue weighted by atomic mass is 9.92. The van der Waals surface area contributed by atoms with Gasteiger partial charge in [0.05, 0.1) is 50.7 Å². The van der Waals surface area contributed by atoms with Gasteiger partial charge in [-0.2, -0.15) is 0 Å². The van der Waals surface area contributed by atoms with Gasteiger partial charge >= 0.3 is 0 Å². The lowest BCUT2D eigenvalue weighted by Gasteiger charge is -2.50. The van der Waals surface area contributed by atoms with Crippen molar-refractivity contribution in [2.75, 3.05) is 33.5 Å². The first-order chi connectivity index (χ1) is 24.6. The molecule has 4 aliphatic heterocycles. The molecule has 1 amide bonds. The van der Waals surface area contributed by atoms with Crippen LogP contribution in [0, 0.1) is 0 Å². The predicted molar refractivity (Wildman–Crippen MR) is 171 cm³/mol. The number of guanidine groups is 1. The van der Waals surface area contributed by atoms with Crippen LogP contribution < -0.4 is 28.3 Å². The van der Waals surface area contributed by atoms with E-state index in [4.69, 9.17) is 60.8 Å². The third-order valence-electron chi connectivity index (χ3n) is 9.58. The molecule has 302 valence electrons. The highest BCUT2D eigenvalue weighted by atomic mass is 16.8. The van der Waals surface area contributed by atoms with Crippen molar-refractivity contribution in [1.29, 1.82) is 0 Å². The van der Waals surface area contributed by atoms with Crippen LogP contribution in [0.5, 0.6) is 0 Å². The average Bonchev–Trinajstić information content (AvgIpc) is 3.10. The number of ether oxygens (including phenoxy) is 8. The molecule has 20 atom stereocenters. The number of nitrogens with zero attached hydrogens (tertiary/aromatic N) is 1. The molecular weight excluding hydrogens is 704 g/mol. The number of carbonyl (C=O) groups is 1. The molecule has 20 unspecified atom stereocenters. The number of methoxy groups -OCH3 is 1. The van der Waals surface area contributed by atoms with E-state index in [1.165, 1.54) is 14.0 Å². The van der Waals surface area contributed by atoms with Crippen molar-refractivity contribution in [3.8, 4) is 0 Å². The fraction of sp³-hybridized carbons (Fsp3) is 0.931. The van der Waals surface area contributed by atoms with Gasteiger partial charge < -0.3 is 107 Å². The predicted octanol–water partition coefficient (Wildman–Crippen LogP) is -8.67. The van der Waals surface area contributed by atoms with E-state index in [9.17, 15) is 45.6 Å². The molecular formula is C29H54N6O17. The topological polar surface area (TPSA) is 381 Å². The molecule has 4 fully saturated rings. The molecule has 0 spiro atoms. The van der Waals surface area contributed by atoms with Crippen molar-refractivity contribution >= 4 is 11.9 Å². The fourth-order valence-electron chi connectivity index (χ4n) is 6.88. The summed E-state index contributed by atoms with van der Waals surface area (Å²) < 4.78 is 46.2. The van der Waals surface area contributed by atoms with Crippen molar-refractivity contribution in [3.63, 3.8) is 0 Å². The number of carbonyl (C=O) groups excluding carboxylic acids is 1. The lowest BCUT2D eigenvalue weighted by Crippen LogP contribution is -2.69. The molecule has 0 saturated carbocycles. The van der Waals surface area contributed by atoms with Crippen LogP contribution in [-0.2, 0) is 42.7 Å². The summed E-state index contributed by atoms with van der Waals surface area (Å²) in [6.45, 7) is 0.0665. The summed E-state index contributed by atoms with van der Waals surface area (Å²) >= 11 is 0. The van der Waals surface area contributed by atoms with Crippen molar-refractivity contribution in [2.24, 2.45) is 27.9 Å². The largest absolute Gasteiger partial charge is 0.394 e. The number of amides is 1. The highest BCUT2D eigenvalue weighted by molar-refractivity contribution is 5.76. The molecule has 4 saturated heterocycles. The zero-order valence-corrected chi connectivity index (χ0v) is 28.9. The SMILES string of the molecule is COC1C(CO)OC(OC2C(CO)OC(OC3C(CO)OC(OC4C(CO)OC(C)C(NC(C)=O)C4O)C(N)C3O)C(N=C(N)N)C2O)C(N)C1O. The van der Waals surface area contributed by atoms with Crippen LogP contribution in [0.1, 0.15) is 13.8 Å². The third-order valence-corrected chi connectivity index (χ3v) is 9.58. The van der Waals surface area contributed by atoms with Crippen molar-refractivity contribution in [2.45, 2.75) is 136 Å². The molecule has 4 aliphatic rings. The van der Waals surface area contributed by atoms with E-state index in [1.54, 1.807) is 6.92 Å². The second-order valence-electron chi connectivity index (χ2n) is 13.1. The van der Waals surface area contributed by atoms with Gasteiger partial charge in [0.15, 0.2) is 24.8 Å². The zero-order valence-electron chi connectivity index (χ0n) is 28.9. The van der Waals surface area contributed by atoms with E-state index in [0.29, 0.717) is 0 Å². The quantitative estimate of drug-likeness (QED) is 0.0612. The summed E-state index contributed by atoms with van der Waals surface area (Å²) in [6.07, 6.45) is -21.9. The van der Waals surface area contributed by atoms with Crippen LogP contribution in [0.4, 0.5) is 0 Å². The van der Waals surface area contributed by atoms with Gasteiger partial charge in [-0.15, -0.1) is 0 Å². The number of hydrogen-bond acceptors (Lipinski definition) is 20. The Bertz CT molecular complexity index is 1170. The first-order valence-corrected chi connectivity index (χ1v) is 16.8. The van der Waals surface area contributed by atoms with Crippen molar-refractivity contribution in [1.82, 2.24) is 5.32 Å². The Morgan fingerprint density at radius 3 is 1.54 bits per heavy atom. The maximum atomic E-state index is 11.8. The van der Waals surface area contributed by atoms with Crippen LogP contribution in [-0.4, -0.2) is 209 Å². The van der Waals surface area contributed by atoms with E-state index in [0.717, 1.165) is 0 Å². The Kier molecular flexibility index (Phi) is 15.3. The molecule has 0 aromatic rings. The van der Waals surface area contributed by atoms with E-state index < -0.39 is 161 Å². The summed E-state index contributed by atoms with van der Waals surface area (Å²) in [6, 6.07) is -5.16. The summed E-state index contributed by atoms with van der Waals surface area (Å²) in [5.41, 5.74) is 23.7. The maximum Gasteiger partial charge on any atom is 0.217 e. The van der Waals surface area contributed by atoms with E-state index in [2.05, 4.69) is 10.3 Å². The minimum absolute atomic E-state index is 0.460. The van der Waals surface area contributed by atoms with Crippen LogP contribution in [0.3, 0.4) is 0 Å². The second kappa shape index (κ2) is 18.6. The van der Waals surface area contributed by atoms with Gasteiger partial charge in [0.2, 0.25) is 5.91 Å². The van der Waals surface area contributed by atoms with E-state index >= 15 is 0 Å². The first kappa shape index (κ1) is 42.8. The Hall–Kier alpha value is -1.98. The summed E-state index contributed by atoms with van der Waals surface area (Å²) in [5.74, 6) is -0.993. The zero-order chi connectivity index (χ0) is 38.6. The third kappa shape index (κ3) is 9.10. The normalized spacial score (nSPS) is 47.1. The molecule has 23 nitrogen and oxygen atoms in total. The van der Waals surface area contributed by atoms with Crippen LogP contribution in [0.15, 0.2) is 4.99 Å². The molecule has 4 heterocycles. The Morgan fingerprint density at radius 2 is 1.08 bits per heavy atom.